The van der Waals surface area contributed by atoms with Gasteiger partial charge in [-0.25, -0.2) is 0 Å². The van der Waals surface area contributed by atoms with Gasteiger partial charge in [0.05, 0.1) is 6.10 Å². The highest BCUT2D eigenvalue weighted by Gasteiger charge is 2.20. The summed E-state index contributed by atoms with van der Waals surface area (Å²) in [6.07, 6.45) is 3.41. The Hall–Kier alpha value is -1.00. The molecule has 2 N–H and O–H groups in total. The van der Waals surface area contributed by atoms with E-state index in [0.29, 0.717) is 12.5 Å². The van der Waals surface area contributed by atoms with Gasteiger partial charge in [-0.3, -0.25) is 4.79 Å². The van der Waals surface area contributed by atoms with Crippen molar-refractivity contribution in [2.75, 3.05) is 6.54 Å². The van der Waals surface area contributed by atoms with E-state index in [-0.39, 0.29) is 23.0 Å². The molecule has 5 heteroatoms. The largest absolute Gasteiger partial charge is 0.440 e. The Balaban J connectivity index is 1.76. The van der Waals surface area contributed by atoms with Crippen LogP contribution in [0, 0.1) is 5.92 Å². The first-order chi connectivity index (χ1) is 8.15. The number of hydrogen-bond donors (Lipinski definition) is 2. The summed E-state index contributed by atoms with van der Waals surface area (Å²) >= 11 is 5.59. The van der Waals surface area contributed by atoms with Gasteiger partial charge >= 0.3 is 0 Å². The molecule has 94 valence electrons. The van der Waals surface area contributed by atoms with Gasteiger partial charge in [-0.2, -0.15) is 0 Å². The van der Waals surface area contributed by atoms with Gasteiger partial charge in [-0.15, -0.1) is 0 Å². The topological polar surface area (TPSA) is 62.5 Å². The third kappa shape index (κ3) is 3.48. The third-order valence-electron chi connectivity index (χ3n) is 3.16. The fraction of sp³-hybridized carbons (Fsp3) is 0.583. The lowest BCUT2D eigenvalue weighted by Gasteiger charge is -2.25. The van der Waals surface area contributed by atoms with Crippen LogP contribution in [-0.4, -0.2) is 23.7 Å². The van der Waals surface area contributed by atoms with E-state index in [1.807, 2.05) is 0 Å². The summed E-state index contributed by atoms with van der Waals surface area (Å²) in [5.74, 6) is 0.460. The number of hydrogen-bond acceptors (Lipinski definition) is 3. The van der Waals surface area contributed by atoms with Gasteiger partial charge in [-0.1, -0.05) is 0 Å². The van der Waals surface area contributed by atoms with E-state index in [1.54, 1.807) is 12.1 Å². The predicted molar refractivity (Wildman–Crippen MR) is 64.0 cm³/mol. The molecular formula is C12H16ClNO3. The van der Waals surface area contributed by atoms with Crippen molar-refractivity contribution in [2.24, 2.45) is 5.92 Å². The highest BCUT2D eigenvalue weighted by atomic mass is 35.5. The maximum atomic E-state index is 11.7. The van der Waals surface area contributed by atoms with E-state index in [1.165, 1.54) is 0 Å². The van der Waals surface area contributed by atoms with Gasteiger partial charge < -0.3 is 14.8 Å². The number of rotatable bonds is 3. The smallest absolute Gasteiger partial charge is 0.287 e. The minimum atomic E-state index is -0.233. The zero-order valence-electron chi connectivity index (χ0n) is 9.49. The fourth-order valence-corrected chi connectivity index (χ4v) is 2.26. The second kappa shape index (κ2) is 5.56. The SMILES string of the molecule is O=C(NCC1CCC(O)CC1)c1ccc(Cl)o1. The first kappa shape index (κ1) is 12.5. The lowest BCUT2D eigenvalue weighted by Crippen LogP contribution is -2.31. The van der Waals surface area contributed by atoms with Crippen LogP contribution >= 0.6 is 11.6 Å². The Morgan fingerprint density at radius 1 is 1.41 bits per heavy atom. The van der Waals surface area contributed by atoms with Crippen molar-refractivity contribution in [3.05, 3.63) is 23.1 Å². The molecule has 1 fully saturated rings. The summed E-state index contributed by atoms with van der Waals surface area (Å²) in [5.41, 5.74) is 0. The molecule has 2 rings (SSSR count). The summed E-state index contributed by atoms with van der Waals surface area (Å²) in [7, 11) is 0. The molecule has 4 nitrogen and oxygen atoms in total. The number of carbonyl (C=O) groups is 1. The minimum Gasteiger partial charge on any atom is -0.440 e. The second-order valence-electron chi connectivity index (χ2n) is 4.49. The van der Waals surface area contributed by atoms with Crippen LogP contribution in [0.3, 0.4) is 0 Å². The molecule has 1 aromatic heterocycles. The number of halogens is 1. The number of aliphatic hydroxyl groups is 1. The highest BCUT2D eigenvalue weighted by molar-refractivity contribution is 6.29. The lowest BCUT2D eigenvalue weighted by atomic mass is 9.87. The van der Waals surface area contributed by atoms with Crippen LogP contribution in [-0.2, 0) is 0 Å². The third-order valence-corrected chi connectivity index (χ3v) is 3.37. The lowest BCUT2D eigenvalue weighted by molar-refractivity contribution is 0.0886. The van der Waals surface area contributed by atoms with E-state index >= 15 is 0 Å². The van der Waals surface area contributed by atoms with Gasteiger partial charge in [0.2, 0.25) is 0 Å². The normalized spacial score (nSPS) is 24.6. The number of aliphatic hydroxyl groups excluding tert-OH is 1. The summed E-state index contributed by atoms with van der Waals surface area (Å²) in [6, 6.07) is 3.11. The van der Waals surface area contributed by atoms with Gasteiger partial charge in [0, 0.05) is 6.54 Å². The number of amides is 1. The Kier molecular flexibility index (Phi) is 4.07. The highest BCUT2D eigenvalue weighted by Crippen LogP contribution is 2.23. The second-order valence-corrected chi connectivity index (χ2v) is 4.86. The molecule has 0 bridgehead atoms. The van der Waals surface area contributed by atoms with Crippen LogP contribution in [0.1, 0.15) is 36.2 Å². The molecule has 1 amide bonds. The molecule has 17 heavy (non-hydrogen) atoms. The summed E-state index contributed by atoms with van der Waals surface area (Å²) in [6.45, 7) is 0.629. The minimum absolute atomic E-state index is 0.161. The van der Waals surface area contributed by atoms with Crippen molar-refractivity contribution >= 4 is 17.5 Å². The first-order valence-electron chi connectivity index (χ1n) is 5.87. The molecule has 1 heterocycles. The van der Waals surface area contributed by atoms with Crippen LogP contribution in [0.25, 0.3) is 0 Å². The molecule has 0 aliphatic heterocycles. The van der Waals surface area contributed by atoms with Crippen LogP contribution < -0.4 is 5.32 Å². The van der Waals surface area contributed by atoms with Gasteiger partial charge in [0.15, 0.2) is 11.0 Å². The van der Waals surface area contributed by atoms with Gasteiger partial charge in [0.1, 0.15) is 0 Å². The summed E-state index contributed by atoms with van der Waals surface area (Å²) in [4.78, 5) is 11.7. The fourth-order valence-electron chi connectivity index (χ4n) is 2.11. The van der Waals surface area contributed by atoms with Crippen molar-refractivity contribution in [1.82, 2.24) is 5.32 Å². The standard InChI is InChI=1S/C12H16ClNO3/c13-11-6-5-10(17-11)12(16)14-7-8-1-3-9(15)4-2-8/h5-6,8-9,15H,1-4,7H2,(H,14,16). The number of nitrogens with one attached hydrogen (secondary N) is 1. The maximum Gasteiger partial charge on any atom is 0.287 e. The first-order valence-corrected chi connectivity index (χ1v) is 6.24. The summed E-state index contributed by atoms with van der Waals surface area (Å²) < 4.78 is 5.02. The molecule has 1 aromatic rings. The Labute approximate surface area is 105 Å². The van der Waals surface area contributed by atoms with E-state index in [9.17, 15) is 9.90 Å². The van der Waals surface area contributed by atoms with Crippen LogP contribution in [0.4, 0.5) is 0 Å². The Bertz CT molecular complexity index is 383. The van der Waals surface area contributed by atoms with Crippen molar-refractivity contribution < 1.29 is 14.3 Å². The van der Waals surface area contributed by atoms with Crippen LogP contribution in [0.15, 0.2) is 16.5 Å². The quantitative estimate of drug-likeness (QED) is 0.873. The Morgan fingerprint density at radius 3 is 2.71 bits per heavy atom. The molecule has 1 aliphatic carbocycles. The van der Waals surface area contributed by atoms with Crippen LogP contribution in [0.5, 0.6) is 0 Å². The van der Waals surface area contributed by atoms with Crippen molar-refractivity contribution in [3.63, 3.8) is 0 Å². The average Bonchev–Trinajstić information content (AvgIpc) is 2.75. The van der Waals surface area contributed by atoms with Crippen molar-refractivity contribution in [3.8, 4) is 0 Å². The summed E-state index contributed by atoms with van der Waals surface area (Å²) in [5, 5.41) is 12.4. The Morgan fingerprint density at radius 2 is 2.12 bits per heavy atom. The van der Waals surface area contributed by atoms with Gasteiger partial charge in [0.25, 0.3) is 5.91 Å². The molecule has 0 spiro atoms. The molecule has 1 aliphatic rings. The van der Waals surface area contributed by atoms with Crippen LogP contribution in [0.2, 0.25) is 5.22 Å². The molecule has 0 saturated heterocycles. The molecule has 0 unspecified atom stereocenters. The molecule has 0 atom stereocenters. The zero-order chi connectivity index (χ0) is 12.3. The maximum absolute atomic E-state index is 11.7. The van der Waals surface area contributed by atoms with E-state index in [2.05, 4.69) is 5.32 Å². The molecular weight excluding hydrogens is 242 g/mol. The van der Waals surface area contributed by atoms with E-state index in [0.717, 1.165) is 25.7 Å². The van der Waals surface area contributed by atoms with E-state index < -0.39 is 0 Å². The molecule has 1 saturated carbocycles. The van der Waals surface area contributed by atoms with Crippen molar-refractivity contribution in [2.45, 2.75) is 31.8 Å². The average molecular weight is 258 g/mol. The van der Waals surface area contributed by atoms with Gasteiger partial charge in [-0.05, 0) is 55.3 Å². The number of furan rings is 1. The number of carbonyl (C=O) groups excluding carboxylic acids is 1. The van der Waals surface area contributed by atoms with Crippen molar-refractivity contribution in [1.29, 1.82) is 0 Å². The van der Waals surface area contributed by atoms with E-state index in [4.69, 9.17) is 16.0 Å². The predicted octanol–water partition coefficient (Wildman–Crippen LogP) is 2.21. The zero-order valence-corrected chi connectivity index (χ0v) is 10.2. The molecule has 0 radical (unpaired) electrons. The molecule has 0 aromatic carbocycles. The monoisotopic (exact) mass is 257 g/mol.